The Morgan fingerprint density at radius 1 is 0.844 bits per heavy atom. The maximum atomic E-state index is 13.2. The second-order valence-corrected chi connectivity index (χ2v) is 10.9. The van der Waals surface area contributed by atoms with Crippen LogP contribution < -0.4 is 19.7 Å². The first-order valence-corrected chi connectivity index (χ1v) is 15.2. The molecule has 0 saturated heterocycles. The van der Waals surface area contributed by atoms with Crippen molar-refractivity contribution >= 4 is 29.0 Å². The molecular formula is C37H38N2O6. The zero-order valence-corrected chi connectivity index (χ0v) is 25.6. The highest BCUT2D eigenvalue weighted by Crippen LogP contribution is 2.36. The molecule has 0 bridgehead atoms. The molecule has 1 amide bonds. The summed E-state index contributed by atoms with van der Waals surface area (Å²) < 4.78 is 16.6. The molecular weight excluding hydrogens is 568 g/mol. The Labute approximate surface area is 263 Å². The van der Waals surface area contributed by atoms with Crippen molar-refractivity contribution in [1.29, 1.82) is 0 Å². The van der Waals surface area contributed by atoms with Gasteiger partial charge in [0.15, 0.2) is 5.78 Å². The first-order chi connectivity index (χ1) is 22.0. The smallest absolute Gasteiger partial charge is 0.328 e. The van der Waals surface area contributed by atoms with Gasteiger partial charge < -0.3 is 24.4 Å². The Bertz CT molecular complexity index is 1600. The van der Waals surface area contributed by atoms with Gasteiger partial charge in [0, 0.05) is 35.7 Å². The minimum Gasteiger partial charge on any atom is -0.495 e. The zero-order valence-electron chi connectivity index (χ0n) is 25.6. The van der Waals surface area contributed by atoms with Crippen LogP contribution in [0.15, 0.2) is 103 Å². The molecule has 0 aromatic heterocycles. The number of hydrogen-bond acceptors (Lipinski definition) is 7. The number of rotatable bonds is 15. The number of esters is 1. The lowest BCUT2D eigenvalue weighted by molar-refractivity contribution is -0.141. The van der Waals surface area contributed by atoms with Crippen molar-refractivity contribution in [2.24, 2.45) is 5.92 Å². The largest absolute Gasteiger partial charge is 0.495 e. The maximum Gasteiger partial charge on any atom is 0.328 e. The van der Waals surface area contributed by atoms with Gasteiger partial charge in [0.2, 0.25) is 5.91 Å². The van der Waals surface area contributed by atoms with Gasteiger partial charge in [0.05, 0.1) is 26.5 Å². The van der Waals surface area contributed by atoms with E-state index in [0.717, 1.165) is 24.1 Å². The Hall–Kier alpha value is -5.11. The van der Waals surface area contributed by atoms with E-state index in [4.69, 9.17) is 14.2 Å². The number of hydrogen-bond donors (Lipinski definition) is 1. The summed E-state index contributed by atoms with van der Waals surface area (Å²) >= 11 is 0. The van der Waals surface area contributed by atoms with Crippen LogP contribution in [0.1, 0.15) is 40.7 Å². The Morgan fingerprint density at radius 2 is 1.53 bits per heavy atom. The molecule has 1 N–H and O–H groups in total. The van der Waals surface area contributed by atoms with Gasteiger partial charge >= 0.3 is 5.97 Å². The Balaban J connectivity index is 1.19. The molecule has 4 aromatic carbocycles. The second-order valence-electron chi connectivity index (χ2n) is 10.9. The van der Waals surface area contributed by atoms with Crippen LogP contribution >= 0.6 is 0 Å². The fourth-order valence-electron chi connectivity index (χ4n) is 5.20. The normalized spacial score (nSPS) is 12.9. The number of carbonyl (C=O) groups excluding carboxylic acids is 3. The van der Waals surface area contributed by atoms with Crippen LogP contribution in [0, 0.1) is 5.92 Å². The molecule has 1 saturated carbocycles. The first kappa shape index (κ1) is 31.3. The fraction of sp³-hybridized carbons (Fsp3) is 0.270. The summed E-state index contributed by atoms with van der Waals surface area (Å²) in [6.45, 7) is 0.954. The summed E-state index contributed by atoms with van der Waals surface area (Å²) in [5, 5.41) is 3.24. The molecule has 232 valence electrons. The monoisotopic (exact) mass is 606 g/mol. The molecule has 1 aliphatic rings. The molecule has 0 spiro atoms. The summed E-state index contributed by atoms with van der Waals surface area (Å²) in [5.74, 6) is 1.02. The Kier molecular flexibility index (Phi) is 10.5. The van der Waals surface area contributed by atoms with Gasteiger partial charge in [-0.1, -0.05) is 66.7 Å². The lowest BCUT2D eigenvalue weighted by Crippen LogP contribution is -2.34. The van der Waals surface area contributed by atoms with Crippen molar-refractivity contribution in [3.63, 3.8) is 0 Å². The van der Waals surface area contributed by atoms with E-state index >= 15 is 0 Å². The zero-order chi connectivity index (χ0) is 31.6. The topological polar surface area (TPSA) is 94.2 Å². The Morgan fingerprint density at radius 3 is 2.24 bits per heavy atom. The van der Waals surface area contributed by atoms with Crippen LogP contribution in [-0.4, -0.2) is 51.1 Å². The van der Waals surface area contributed by atoms with Crippen molar-refractivity contribution in [3.8, 4) is 11.5 Å². The van der Waals surface area contributed by atoms with E-state index in [2.05, 4.69) is 5.32 Å². The van der Waals surface area contributed by atoms with E-state index in [-0.39, 0.29) is 17.6 Å². The highest BCUT2D eigenvalue weighted by Gasteiger charge is 2.34. The number of ether oxygens (including phenoxy) is 3. The van der Waals surface area contributed by atoms with E-state index in [1.807, 2.05) is 77.7 Å². The lowest BCUT2D eigenvalue weighted by Gasteiger charge is -2.24. The van der Waals surface area contributed by atoms with Crippen molar-refractivity contribution < 1.29 is 28.6 Å². The molecule has 5 rings (SSSR count). The number of para-hydroxylation sites is 3. The number of carbonyl (C=O) groups is 3. The number of nitrogens with one attached hydrogen (secondary N) is 1. The lowest BCUT2D eigenvalue weighted by atomic mass is 10.00. The van der Waals surface area contributed by atoms with Crippen LogP contribution in [0.5, 0.6) is 11.5 Å². The predicted octanol–water partition coefficient (Wildman–Crippen LogP) is 6.33. The predicted molar refractivity (Wildman–Crippen MR) is 174 cm³/mol. The van der Waals surface area contributed by atoms with Crippen LogP contribution in [0.3, 0.4) is 0 Å². The average Bonchev–Trinajstić information content (AvgIpc) is 3.94. The standard InChI is InChI=1S/C37H38N2O6/c1-43-34-16-9-8-15-33(34)39(36(41)28-19-20-28)23-10-24-45-29-21-17-26(18-22-29)25-32(37(42)44-2)38-31-14-7-6-13-30(31)35(40)27-11-4-3-5-12-27/h3-9,11-18,21-22,28,32,38H,10,19-20,23-25H2,1-2H3/t32-/m0/s1. The van der Waals surface area contributed by atoms with Gasteiger partial charge in [-0.15, -0.1) is 0 Å². The third-order valence-corrected chi connectivity index (χ3v) is 7.75. The van der Waals surface area contributed by atoms with Gasteiger partial charge in [0.25, 0.3) is 0 Å². The van der Waals surface area contributed by atoms with Gasteiger partial charge in [-0.25, -0.2) is 4.79 Å². The SMILES string of the molecule is COC(=O)[C@H](Cc1ccc(OCCCN(C(=O)C2CC2)c2ccccc2OC)cc1)Nc1ccccc1C(=O)c1ccccc1. The molecule has 8 nitrogen and oxygen atoms in total. The van der Waals surface area contributed by atoms with Crippen LogP contribution in [-0.2, 0) is 20.7 Å². The molecule has 45 heavy (non-hydrogen) atoms. The van der Waals surface area contributed by atoms with Gasteiger partial charge in [-0.3, -0.25) is 9.59 Å². The van der Waals surface area contributed by atoms with Gasteiger partial charge in [0.1, 0.15) is 17.5 Å². The van der Waals surface area contributed by atoms with E-state index in [1.165, 1.54) is 7.11 Å². The van der Waals surface area contributed by atoms with Gasteiger partial charge in [-0.05, 0) is 61.2 Å². The molecule has 1 atom stereocenters. The van der Waals surface area contributed by atoms with Crippen molar-refractivity contribution in [1.82, 2.24) is 0 Å². The number of ketones is 1. The highest BCUT2D eigenvalue weighted by molar-refractivity contribution is 6.12. The van der Waals surface area contributed by atoms with E-state index in [1.54, 1.807) is 37.4 Å². The summed E-state index contributed by atoms with van der Waals surface area (Å²) in [7, 11) is 2.96. The molecule has 0 radical (unpaired) electrons. The van der Waals surface area contributed by atoms with Crippen LogP contribution in [0.25, 0.3) is 0 Å². The third kappa shape index (κ3) is 8.09. The average molecular weight is 607 g/mol. The molecule has 4 aromatic rings. The quantitative estimate of drug-likeness (QED) is 0.0960. The van der Waals surface area contributed by atoms with Crippen molar-refractivity contribution in [2.45, 2.75) is 31.7 Å². The molecule has 1 aliphatic carbocycles. The molecule has 0 heterocycles. The van der Waals surface area contributed by atoms with Crippen LogP contribution in [0.4, 0.5) is 11.4 Å². The molecule has 8 heteroatoms. The summed E-state index contributed by atoms with van der Waals surface area (Å²) in [6, 6.07) is 30.6. The number of benzene rings is 4. The summed E-state index contributed by atoms with van der Waals surface area (Å²) in [5.41, 5.74) is 3.28. The number of methoxy groups -OCH3 is 2. The van der Waals surface area contributed by atoms with E-state index < -0.39 is 12.0 Å². The minimum absolute atomic E-state index is 0.0875. The van der Waals surface area contributed by atoms with Crippen molar-refractivity contribution in [3.05, 3.63) is 120 Å². The highest BCUT2D eigenvalue weighted by atomic mass is 16.5. The molecule has 1 fully saturated rings. The minimum atomic E-state index is -0.712. The van der Waals surface area contributed by atoms with E-state index in [9.17, 15) is 14.4 Å². The van der Waals surface area contributed by atoms with Crippen LogP contribution in [0.2, 0.25) is 0 Å². The summed E-state index contributed by atoms with van der Waals surface area (Å²) in [4.78, 5) is 40.8. The van der Waals surface area contributed by atoms with Gasteiger partial charge in [-0.2, -0.15) is 0 Å². The number of amides is 1. The first-order valence-electron chi connectivity index (χ1n) is 15.2. The van der Waals surface area contributed by atoms with Crippen molar-refractivity contribution in [2.75, 3.05) is 37.6 Å². The number of nitrogens with zero attached hydrogens (tertiary/aromatic N) is 1. The number of anilines is 2. The maximum absolute atomic E-state index is 13.2. The van der Waals surface area contributed by atoms with E-state index in [0.29, 0.717) is 54.3 Å². The summed E-state index contributed by atoms with van der Waals surface area (Å²) in [6.07, 6.45) is 2.85. The molecule has 0 unspecified atom stereocenters. The molecule has 0 aliphatic heterocycles. The third-order valence-electron chi connectivity index (χ3n) is 7.75. The fourth-order valence-corrected chi connectivity index (χ4v) is 5.20. The second kappa shape index (κ2) is 15.1.